The maximum Gasteiger partial charge on any atom is 0.243 e. The summed E-state index contributed by atoms with van der Waals surface area (Å²) in [4.78, 5) is 29.0. The Morgan fingerprint density at radius 1 is 0.949 bits per heavy atom. The Hall–Kier alpha value is -3.22. The minimum absolute atomic E-state index is 0.163. The van der Waals surface area contributed by atoms with Gasteiger partial charge in [0.15, 0.2) is 0 Å². The summed E-state index contributed by atoms with van der Waals surface area (Å²) in [5.41, 5.74) is 1.20. The van der Waals surface area contributed by atoms with Crippen molar-refractivity contribution in [3.05, 3.63) is 94.0 Å². The number of methoxy groups -OCH3 is 1. The molecule has 1 N–H and O–H groups in total. The number of nitrogens with one attached hydrogen (secondary N) is 1. The summed E-state index contributed by atoms with van der Waals surface area (Å²) in [6, 6.07) is 21.4. The van der Waals surface area contributed by atoms with Gasteiger partial charge in [0.1, 0.15) is 17.5 Å². The molecule has 0 aliphatic heterocycles. The molecule has 0 aromatic heterocycles. The normalized spacial score (nSPS) is 11.9. The molecule has 0 spiro atoms. The van der Waals surface area contributed by atoms with Crippen LogP contribution in [0.25, 0.3) is 0 Å². The Morgan fingerprint density at radius 2 is 1.62 bits per heavy atom. The Labute approximate surface area is 241 Å². The molecule has 39 heavy (non-hydrogen) atoms. The average Bonchev–Trinajstić information content (AvgIpc) is 2.89. The van der Waals surface area contributed by atoms with Crippen LogP contribution in [0.3, 0.4) is 0 Å². The van der Waals surface area contributed by atoms with E-state index < -0.39 is 11.6 Å². The molecule has 8 heteroatoms. The number of hydrogen-bond donors (Lipinski definition) is 1. The van der Waals surface area contributed by atoms with Crippen LogP contribution in [-0.2, 0) is 22.6 Å². The lowest BCUT2D eigenvalue weighted by Crippen LogP contribution is -2.54. The van der Waals surface area contributed by atoms with Crippen LogP contribution in [0.15, 0.2) is 72.8 Å². The van der Waals surface area contributed by atoms with Crippen molar-refractivity contribution in [2.24, 2.45) is 0 Å². The molecule has 0 fully saturated rings. The van der Waals surface area contributed by atoms with Gasteiger partial charge in [-0.25, -0.2) is 0 Å². The first-order valence-electron chi connectivity index (χ1n) is 12.9. The van der Waals surface area contributed by atoms with E-state index in [2.05, 4.69) is 5.32 Å². The van der Waals surface area contributed by atoms with Gasteiger partial charge >= 0.3 is 0 Å². The van der Waals surface area contributed by atoms with Crippen LogP contribution >= 0.6 is 23.2 Å². The number of benzene rings is 3. The highest BCUT2D eigenvalue weighted by Crippen LogP contribution is 2.25. The van der Waals surface area contributed by atoms with Crippen LogP contribution in [-0.4, -0.2) is 42.0 Å². The second kappa shape index (κ2) is 14.2. The van der Waals surface area contributed by atoms with Crippen molar-refractivity contribution in [1.82, 2.24) is 10.2 Å². The summed E-state index contributed by atoms with van der Waals surface area (Å²) < 4.78 is 11.0. The fourth-order valence-electron chi connectivity index (χ4n) is 4.07. The quantitative estimate of drug-likeness (QED) is 0.245. The number of rotatable bonds is 12. The van der Waals surface area contributed by atoms with E-state index in [1.165, 1.54) is 0 Å². The number of carbonyl (C=O) groups is 2. The molecule has 0 unspecified atom stereocenters. The third-order valence-electron chi connectivity index (χ3n) is 5.99. The van der Waals surface area contributed by atoms with Crippen molar-refractivity contribution in [3.63, 3.8) is 0 Å². The van der Waals surface area contributed by atoms with Crippen LogP contribution in [0, 0.1) is 0 Å². The molecule has 3 aromatic rings. The van der Waals surface area contributed by atoms with Gasteiger partial charge in [0.25, 0.3) is 0 Å². The molecule has 0 heterocycles. The molecule has 0 aliphatic rings. The van der Waals surface area contributed by atoms with Gasteiger partial charge in [0, 0.05) is 35.0 Å². The maximum absolute atomic E-state index is 13.7. The van der Waals surface area contributed by atoms with Gasteiger partial charge in [0.05, 0.1) is 13.7 Å². The van der Waals surface area contributed by atoms with Crippen molar-refractivity contribution < 1.29 is 19.1 Å². The molecule has 0 saturated heterocycles. The summed E-state index contributed by atoms with van der Waals surface area (Å²) in [6.45, 7) is 6.28. The van der Waals surface area contributed by atoms with Crippen molar-refractivity contribution in [2.45, 2.75) is 58.2 Å². The lowest BCUT2D eigenvalue weighted by Gasteiger charge is -2.34. The summed E-state index contributed by atoms with van der Waals surface area (Å²) in [5.74, 6) is 1.05. The summed E-state index contributed by atoms with van der Waals surface area (Å²) >= 11 is 12.6. The predicted molar refractivity (Wildman–Crippen MR) is 157 cm³/mol. The first kappa shape index (κ1) is 30.3. The standard InChI is InChI=1S/C31H36Cl2N2O4/c1-31(2,3)34-30(37)28(19-22-9-6-5-7-10-22)35(21-23-12-13-24(32)20-27(23)33)29(36)11-8-18-39-26-16-14-25(38-4)15-17-26/h5-7,9-10,12-17,20,28H,8,11,18-19,21H2,1-4H3,(H,34,37)/t28-/m0/s1. The van der Waals surface area contributed by atoms with Crippen LogP contribution in [0.4, 0.5) is 0 Å². The summed E-state index contributed by atoms with van der Waals surface area (Å²) in [7, 11) is 1.61. The number of amides is 2. The number of ether oxygens (including phenoxy) is 2. The Balaban J connectivity index is 1.82. The average molecular weight is 572 g/mol. The van der Waals surface area contributed by atoms with E-state index in [1.807, 2.05) is 75.4 Å². The van der Waals surface area contributed by atoms with E-state index in [4.69, 9.17) is 32.7 Å². The minimum atomic E-state index is -0.742. The lowest BCUT2D eigenvalue weighted by atomic mass is 10.00. The topological polar surface area (TPSA) is 67.9 Å². The van der Waals surface area contributed by atoms with Gasteiger partial charge in [-0.05, 0) is 74.7 Å². The lowest BCUT2D eigenvalue weighted by molar-refractivity contribution is -0.142. The SMILES string of the molecule is COc1ccc(OCCCC(=O)N(Cc2ccc(Cl)cc2Cl)[C@@H](Cc2ccccc2)C(=O)NC(C)(C)C)cc1. The van der Waals surface area contributed by atoms with Crippen LogP contribution in [0.5, 0.6) is 11.5 Å². The number of halogens is 2. The molecule has 0 saturated carbocycles. The second-order valence-corrected chi connectivity index (χ2v) is 11.2. The zero-order valence-corrected chi connectivity index (χ0v) is 24.4. The first-order valence-corrected chi connectivity index (χ1v) is 13.7. The van der Waals surface area contributed by atoms with Crippen molar-refractivity contribution in [1.29, 1.82) is 0 Å². The molecule has 1 atom stereocenters. The number of hydrogen-bond acceptors (Lipinski definition) is 4. The largest absolute Gasteiger partial charge is 0.497 e. The molecular formula is C31H36Cl2N2O4. The van der Waals surface area contributed by atoms with E-state index in [9.17, 15) is 9.59 Å². The van der Waals surface area contributed by atoms with Crippen LogP contribution in [0.2, 0.25) is 10.0 Å². The minimum Gasteiger partial charge on any atom is -0.497 e. The van der Waals surface area contributed by atoms with Crippen molar-refractivity contribution in [2.75, 3.05) is 13.7 Å². The Morgan fingerprint density at radius 3 is 2.23 bits per heavy atom. The smallest absolute Gasteiger partial charge is 0.243 e. The van der Waals surface area contributed by atoms with Gasteiger partial charge in [-0.15, -0.1) is 0 Å². The Kier molecular flexibility index (Phi) is 11.1. The summed E-state index contributed by atoms with van der Waals surface area (Å²) in [5, 5.41) is 4.01. The van der Waals surface area contributed by atoms with Gasteiger partial charge in [-0.3, -0.25) is 9.59 Å². The van der Waals surface area contributed by atoms with E-state index >= 15 is 0 Å². The Bertz CT molecular complexity index is 1230. The van der Waals surface area contributed by atoms with Gasteiger partial charge < -0.3 is 19.7 Å². The highest BCUT2D eigenvalue weighted by atomic mass is 35.5. The molecule has 208 valence electrons. The fourth-order valence-corrected chi connectivity index (χ4v) is 4.54. The predicted octanol–water partition coefficient (Wildman–Crippen LogP) is 6.72. The van der Waals surface area contributed by atoms with Crippen LogP contribution in [0.1, 0.15) is 44.7 Å². The van der Waals surface area contributed by atoms with E-state index in [1.54, 1.807) is 30.2 Å². The molecule has 0 radical (unpaired) electrons. The maximum atomic E-state index is 13.7. The zero-order chi connectivity index (χ0) is 28.4. The highest BCUT2D eigenvalue weighted by Gasteiger charge is 2.32. The molecule has 0 bridgehead atoms. The van der Waals surface area contributed by atoms with Crippen molar-refractivity contribution in [3.8, 4) is 11.5 Å². The number of carbonyl (C=O) groups excluding carboxylic acids is 2. The second-order valence-electron chi connectivity index (χ2n) is 10.3. The molecule has 3 rings (SSSR count). The molecule has 6 nitrogen and oxygen atoms in total. The molecule has 2 amide bonds. The highest BCUT2D eigenvalue weighted by molar-refractivity contribution is 6.35. The van der Waals surface area contributed by atoms with E-state index in [-0.39, 0.29) is 24.8 Å². The van der Waals surface area contributed by atoms with Crippen LogP contribution < -0.4 is 14.8 Å². The number of nitrogens with zero attached hydrogens (tertiary/aromatic N) is 1. The molecule has 0 aliphatic carbocycles. The fraction of sp³-hybridized carbons (Fsp3) is 0.355. The zero-order valence-electron chi connectivity index (χ0n) is 22.9. The van der Waals surface area contributed by atoms with Gasteiger partial charge in [0.2, 0.25) is 11.8 Å². The third kappa shape index (κ3) is 9.79. The molecular weight excluding hydrogens is 535 g/mol. The van der Waals surface area contributed by atoms with Gasteiger partial charge in [-0.2, -0.15) is 0 Å². The van der Waals surface area contributed by atoms with E-state index in [0.717, 1.165) is 11.3 Å². The van der Waals surface area contributed by atoms with Crippen molar-refractivity contribution >= 4 is 35.0 Å². The third-order valence-corrected chi connectivity index (χ3v) is 6.58. The van der Waals surface area contributed by atoms with E-state index in [0.29, 0.717) is 40.8 Å². The molecule has 3 aromatic carbocycles. The monoisotopic (exact) mass is 570 g/mol. The first-order chi connectivity index (χ1) is 18.6. The summed E-state index contributed by atoms with van der Waals surface area (Å²) in [6.07, 6.45) is 1.05. The van der Waals surface area contributed by atoms with Gasteiger partial charge in [-0.1, -0.05) is 59.6 Å².